The van der Waals surface area contributed by atoms with Crippen LogP contribution in [0.1, 0.15) is 11.1 Å². The minimum Gasteiger partial charge on any atom is -0.456 e. The number of non-ortho nitro benzene ring substituents is 1. The van der Waals surface area contributed by atoms with E-state index in [0.29, 0.717) is 22.9 Å². The molecule has 5 nitrogen and oxygen atoms in total. The summed E-state index contributed by atoms with van der Waals surface area (Å²) >= 11 is 5.70. The first-order valence-electron chi connectivity index (χ1n) is 5.65. The molecule has 0 fully saturated rings. The number of nitrogens with zero attached hydrogens (tertiary/aromatic N) is 2. The molecule has 0 N–H and O–H groups in total. The van der Waals surface area contributed by atoms with E-state index in [0.717, 1.165) is 5.56 Å². The van der Waals surface area contributed by atoms with Crippen LogP contribution in [0.15, 0.2) is 42.5 Å². The van der Waals surface area contributed by atoms with E-state index in [1.807, 2.05) is 6.07 Å². The lowest BCUT2D eigenvalue weighted by Crippen LogP contribution is -1.91. The molecule has 0 bridgehead atoms. The van der Waals surface area contributed by atoms with Gasteiger partial charge in [-0.25, -0.2) is 0 Å². The Bertz CT molecular complexity index is 678. The standard InChI is InChI=1S/C14H9ClN2O3/c15-8-10-1-6-14(11(7-10)9-16)20-13-4-2-12(3-5-13)17(18)19/h1-7H,8H2. The van der Waals surface area contributed by atoms with Gasteiger partial charge >= 0.3 is 0 Å². The molecule has 0 unspecified atom stereocenters. The van der Waals surface area contributed by atoms with Crippen LogP contribution < -0.4 is 4.74 Å². The van der Waals surface area contributed by atoms with Crippen molar-refractivity contribution in [2.24, 2.45) is 0 Å². The van der Waals surface area contributed by atoms with E-state index in [1.165, 1.54) is 24.3 Å². The van der Waals surface area contributed by atoms with Crippen LogP contribution in [0.25, 0.3) is 0 Å². The van der Waals surface area contributed by atoms with Crippen molar-refractivity contribution in [1.29, 1.82) is 5.26 Å². The van der Waals surface area contributed by atoms with Crippen LogP contribution in [0.4, 0.5) is 5.69 Å². The molecule has 0 saturated heterocycles. The van der Waals surface area contributed by atoms with Gasteiger partial charge in [-0.15, -0.1) is 11.6 Å². The quantitative estimate of drug-likeness (QED) is 0.484. The minimum atomic E-state index is -0.486. The molecule has 0 saturated carbocycles. The van der Waals surface area contributed by atoms with Crippen LogP contribution in [-0.4, -0.2) is 4.92 Å². The molecule has 0 aliphatic heterocycles. The van der Waals surface area contributed by atoms with Crippen LogP contribution in [0.3, 0.4) is 0 Å². The molecule has 6 heteroatoms. The second-order valence-electron chi connectivity index (χ2n) is 3.93. The third-order valence-electron chi connectivity index (χ3n) is 2.59. The first-order valence-corrected chi connectivity index (χ1v) is 6.19. The van der Waals surface area contributed by atoms with E-state index < -0.39 is 4.92 Å². The number of benzene rings is 2. The number of alkyl halides is 1. The Morgan fingerprint density at radius 2 is 1.95 bits per heavy atom. The smallest absolute Gasteiger partial charge is 0.269 e. The van der Waals surface area contributed by atoms with Gasteiger partial charge in [0.15, 0.2) is 0 Å². The van der Waals surface area contributed by atoms with Crippen LogP contribution in [-0.2, 0) is 5.88 Å². The molecule has 0 aliphatic rings. The monoisotopic (exact) mass is 288 g/mol. The van der Waals surface area contributed by atoms with Crippen molar-refractivity contribution < 1.29 is 9.66 Å². The van der Waals surface area contributed by atoms with Crippen LogP contribution in [0.5, 0.6) is 11.5 Å². The Morgan fingerprint density at radius 1 is 1.25 bits per heavy atom. The van der Waals surface area contributed by atoms with E-state index in [9.17, 15) is 10.1 Å². The van der Waals surface area contributed by atoms with Gasteiger partial charge in [0.2, 0.25) is 0 Å². The summed E-state index contributed by atoms with van der Waals surface area (Å²) in [6.07, 6.45) is 0. The number of halogens is 1. The van der Waals surface area contributed by atoms with E-state index in [2.05, 4.69) is 0 Å². The summed E-state index contributed by atoms with van der Waals surface area (Å²) in [4.78, 5) is 10.1. The van der Waals surface area contributed by atoms with Crippen molar-refractivity contribution in [2.45, 2.75) is 5.88 Å². The fraction of sp³-hybridized carbons (Fsp3) is 0.0714. The zero-order chi connectivity index (χ0) is 14.5. The zero-order valence-corrected chi connectivity index (χ0v) is 11.0. The molecule has 0 radical (unpaired) electrons. The lowest BCUT2D eigenvalue weighted by atomic mass is 10.1. The topological polar surface area (TPSA) is 76.2 Å². The predicted molar refractivity (Wildman–Crippen MR) is 73.9 cm³/mol. The van der Waals surface area contributed by atoms with Gasteiger partial charge in [0.05, 0.1) is 10.5 Å². The minimum absolute atomic E-state index is 0.0182. The summed E-state index contributed by atoms with van der Waals surface area (Å²) in [7, 11) is 0. The maximum atomic E-state index is 10.6. The predicted octanol–water partition coefficient (Wildman–Crippen LogP) is 4.00. The molecule has 0 atom stereocenters. The van der Waals surface area contributed by atoms with E-state index in [1.54, 1.807) is 18.2 Å². The summed E-state index contributed by atoms with van der Waals surface area (Å²) in [5.41, 5.74) is 1.16. The number of rotatable bonds is 4. The molecule has 2 rings (SSSR count). The molecule has 2 aromatic carbocycles. The van der Waals surface area contributed by atoms with Crippen LogP contribution >= 0.6 is 11.6 Å². The Balaban J connectivity index is 2.26. The molecule has 0 aliphatic carbocycles. The summed E-state index contributed by atoms with van der Waals surface area (Å²) in [5.74, 6) is 1.12. The van der Waals surface area contributed by atoms with Gasteiger partial charge < -0.3 is 4.74 Å². The second kappa shape index (κ2) is 6.04. The summed E-state index contributed by atoms with van der Waals surface area (Å²) in [6, 6.07) is 12.7. The lowest BCUT2D eigenvalue weighted by Gasteiger charge is -2.08. The van der Waals surface area contributed by atoms with E-state index in [4.69, 9.17) is 21.6 Å². The molecule has 20 heavy (non-hydrogen) atoms. The molecule has 100 valence electrons. The van der Waals surface area contributed by atoms with Crippen molar-refractivity contribution in [3.8, 4) is 17.6 Å². The van der Waals surface area contributed by atoms with Crippen molar-refractivity contribution in [3.05, 3.63) is 63.7 Å². The Morgan fingerprint density at radius 3 is 2.50 bits per heavy atom. The van der Waals surface area contributed by atoms with Crippen LogP contribution in [0.2, 0.25) is 0 Å². The number of nitriles is 1. The lowest BCUT2D eigenvalue weighted by molar-refractivity contribution is -0.384. The van der Waals surface area contributed by atoms with E-state index >= 15 is 0 Å². The molecule has 2 aromatic rings. The summed E-state index contributed by atoms with van der Waals surface area (Å²) in [5, 5.41) is 19.6. The van der Waals surface area contributed by atoms with Crippen molar-refractivity contribution >= 4 is 17.3 Å². The van der Waals surface area contributed by atoms with Gasteiger partial charge in [0.1, 0.15) is 17.6 Å². The number of nitro benzene ring substituents is 1. The Labute approximate surface area is 120 Å². The molecule has 0 heterocycles. The Kier molecular flexibility index (Phi) is 4.18. The van der Waals surface area contributed by atoms with Crippen molar-refractivity contribution in [2.75, 3.05) is 0 Å². The number of hydrogen-bond acceptors (Lipinski definition) is 4. The first-order chi connectivity index (χ1) is 9.63. The number of nitro groups is 1. The molecule has 0 amide bonds. The molecular formula is C14H9ClN2O3. The molecule has 0 spiro atoms. The summed E-state index contributed by atoms with van der Waals surface area (Å²) in [6.45, 7) is 0. The highest BCUT2D eigenvalue weighted by molar-refractivity contribution is 6.17. The zero-order valence-electron chi connectivity index (χ0n) is 10.2. The average molecular weight is 289 g/mol. The third kappa shape index (κ3) is 3.05. The maximum absolute atomic E-state index is 10.6. The molecule has 0 aromatic heterocycles. The number of hydrogen-bond donors (Lipinski definition) is 0. The first kappa shape index (κ1) is 13.8. The average Bonchev–Trinajstić information content (AvgIpc) is 2.48. The van der Waals surface area contributed by atoms with Crippen molar-refractivity contribution in [1.82, 2.24) is 0 Å². The third-order valence-corrected chi connectivity index (χ3v) is 2.90. The van der Waals surface area contributed by atoms with Crippen LogP contribution in [0, 0.1) is 21.4 Å². The normalized spacial score (nSPS) is 9.80. The summed E-state index contributed by atoms with van der Waals surface area (Å²) < 4.78 is 5.55. The SMILES string of the molecule is N#Cc1cc(CCl)ccc1Oc1ccc([N+](=O)[O-])cc1. The second-order valence-corrected chi connectivity index (χ2v) is 4.20. The maximum Gasteiger partial charge on any atom is 0.269 e. The van der Waals surface area contributed by atoms with Gasteiger partial charge in [-0.2, -0.15) is 5.26 Å². The largest absolute Gasteiger partial charge is 0.456 e. The highest BCUT2D eigenvalue weighted by Gasteiger charge is 2.08. The van der Waals surface area contributed by atoms with Gasteiger partial charge in [-0.3, -0.25) is 10.1 Å². The molecular weight excluding hydrogens is 280 g/mol. The fourth-order valence-electron chi connectivity index (χ4n) is 1.60. The highest BCUT2D eigenvalue weighted by Crippen LogP contribution is 2.27. The van der Waals surface area contributed by atoms with Gasteiger partial charge in [0.25, 0.3) is 5.69 Å². The van der Waals surface area contributed by atoms with Crippen molar-refractivity contribution in [3.63, 3.8) is 0 Å². The number of ether oxygens (including phenoxy) is 1. The fourth-order valence-corrected chi connectivity index (χ4v) is 1.77. The van der Waals surface area contributed by atoms with Gasteiger partial charge in [-0.05, 0) is 29.8 Å². The Hall–Kier alpha value is -2.58. The van der Waals surface area contributed by atoms with Gasteiger partial charge in [-0.1, -0.05) is 6.07 Å². The van der Waals surface area contributed by atoms with Gasteiger partial charge in [0, 0.05) is 18.0 Å². The van der Waals surface area contributed by atoms with E-state index in [-0.39, 0.29) is 5.69 Å². The highest BCUT2D eigenvalue weighted by atomic mass is 35.5.